The van der Waals surface area contributed by atoms with Crippen molar-refractivity contribution < 1.29 is 22.7 Å². The number of halogens is 1. The number of nitrogens with one attached hydrogen (secondary N) is 2. The summed E-state index contributed by atoms with van der Waals surface area (Å²) in [6.07, 6.45) is 0. The van der Waals surface area contributed by atoms with Gasteiger partial charge in [-0.15, -0.1) is 0 Å². The minimum atomic E-state index is -4.08. The van der Waals surface area contributed by atoms with Gasteiger partial charge in [-0.05, 0) is 35.7 Å². The largest absolute Gasteiger partial charge is 0.505 e. The molecule has 0 spiro atoms. The van der Waals surface area contributed by atoms with Crippen LogP contribution in [0.4, 0.5) is 10.1 Å². The van der Waals surface area contributed by atoms with Crippen molar-refractivity contribution in [2.24, 2.45) is 0 Å². The fraction of sp³-hybridized carbons (Fsp3) is 0. The van der Waals surface area contributed by atoms with E-state index >= 15 is 0 Å². The van der Waals surface area contributed by atoms with Gasteiger partial charge in [-0.1, -0.05) is 30.3 Å². The molecule has 3 aromatic rings. The van der Waals surface area contributed by atoms with E-state index in [2.05, 4.69) is 10.0 Å². The molecule has 1 aliphatic rings. The first-order chi connectivity index (χ1) is 12.9. The van der Waals surface area contributed by atoms with E-state index in [9.17, 15) is 22.7 Å². The number of hydrogen-bond donors (Lipinski definition) is 3. The summed E-state index contributed by atoms with van der Waals surface area (Å²) in [5, 5.41) is 14.1. The van der Waals surface area contributed by atoms with Crippen molar-refractivity contribution in [1.82, 2.24) is 4.72 Å². The van der Waals surface area contributed by atoms with Crippen LogP contribution in [0.15, 0.2) is 71.3 Å². The molecule has 3 N–H and O–H groups in total. The van der Waals surface area contributed by atoms with Crippen LogP contribution in [0.25, 0.3) is 16.5 Å². The zero-order valence-corrected chi connectivity index (χ0v) is 14.5. The van der Waals surface area contributed by atoms with Crippen LogP contribution in [0.5, 0.6) is 0 Å². The van der Waals surface area contributed by atoms with Gasteiger partial charge in [0.05, 0.1) is 0 Å². The number of hydrogen-bond acceptors (Lipinski definition) is 4. The quantitative estimate of drug-likeness (QED) is 0.633. The molecule has 0 unspecified atom stereocenters. The summed E-state index contributed by atoms with van der Waals surface area (Å²) >= 11 is 0. The van der Waals surface area contributed by atoms with Gasteiger partial charge in [0.15, 0.2) is 11.5 Å². The molecule has 0 saturated heterocycles. The Kier molecular flexibility index (Phi) is 3.85. The Labute approximate surface area is 154 Å². The van der Waals surface area contributed by atoms with Crippen molar-refractivity contribution in [3.05, 3.63) is 77.7 Å². The zero-order valence-electron chi connectivity index (χ0n) is 13.7. The molecular formula is C19H13FN2O4S. The molecule has 0 aliphatic carbocycles. The fourth-order valence-corrected chi connectivity index (χ4v) is 4.46. The first-order valence-corrected chi connectivity index (χ1v) is 9.40. The lowest BCUT2D eigenvalue weighted by Crippen LogP contribution is -2.35. The van der Waals surface area contributed by atoms with E-state index in [0.717, 1.165) is 12.1 Å². The third-order valence-corrected chi connectivity index (χ3v) is 5.66. The maximum absolute atomic E-state index is 13.0. The van der Waals surface area contributed by atoms with Crippen LogP contribution >= 0.6 is 0 Å². The molecule has 8 heteroatoms. The highest BCUT2D eigenvalue weighted by atomic mass is 32.2. The number of aliphatic hydroxyl groups excluding tert-OH is 1. The maximum Gasteiger partial charge on any atom is 0.276 e. The van der Waals surface area contributed by atoms with E-state index in [4.69, 9.17) is 0 Å². The molecule has 0 fully saturated rings. The van der Waals surface area contributed by atoms with Crippen molar-refractivity contribution in [2.75, 3.05) is 5.32 Å². The van der Waals surface area contributed by atoms with Gasteiger partial charge < -0.3 is 10.4 Å². The highest BCUT2D eigenvalue weighted by molar-refractivity contribution is 7.90. The molecule has 136 valence electrons. The van der Waals surface area contributed by atoms with E-state index in [1.807, 2.05) is 0 Å². The van der Waals surface area contributed by atoms with Crippen LogP contribution in [0.2, 0.25) is 0 Å². The third kappa shape index (κ3) is 2.89. The van der Waals surface area contributed by atoms with Gasteiger partial charge in [-0.25, -0.2) is 12.8 Å². The summed E-state index contributed by atoms with van der Waals surface area (Å²) in [6, 6.07) is 14.9. The van der Waals surface area contributed by atoms with E-state index in [0.29, 0.717) is 10.8 Å². The molecular weight excluding hydrogens is 371 g/mol. The predicted molar refractivity (Wildman–Crippen MR) is 98.8 cm³/mol. The number of aliphatic hydroxyl groups is 1. The average Bonchev–Trinajstić information content (AvgIpc) is 2.65. The van der Waals surface area contributed by atoms with E-state index in [-0.39, 0.29) is 16.1 Å². The Morgan fingerprint density at radius 1 is 1.00 bits per heavy atom. The second-order valence-corrected chi connectivity index (χ2v) is 7.57. The highest BCUT2D eigenvalue weighted by Gasteiger charge is 2.34. The lowest BCUT2D eigenvalue weighted by Gasteiger charge is -2.22. The summed E-state index contributed by atoms with van der Waals surface area (Å²) in [4.78, 5) is 12.4. The summed E-state index contributed by atoms with van der Waals surface area (Å²) in [7, 11) is -4.08. The Balaban J connectivity index is 1.82. The number of carbonyl (C=O) groups excluding carboxylic acids is 1. The lowest BCUT2D eigenvalue weighted by molar-refractivity contribution is -0.113. The number of fused-ring (bicyclic) bond motifs is 3. The van der Waals surface area contributed by atoms with E-state index in [1.165, 1.54) is 18.2 Å². The van der Waals surface area contributed by atoms with Crippen molar-refractivity contribution in [2.45, 2.75) is 4.90 Å². The van der Waals surface area contributed by atoms with Crippen LogP contribution in [0.3, 0.4) is 0 Å². The van der Waals surface area contributed by atoms with E-state index < -0.39 is 33.2 Å². The number of amides is 1. The minimum Gasteiger partial charge on any atom is -0.505 e. The molecule has 4 rings (SSSR count). The summed E-state index contributed by atoms with van der Waals surface area (Å²) < 4.78 is 40.6. The number of carbonyl (C=O) groups is 1. The fourth-order valence-electron chi connectivity index (χ4n) is 2.97. The molecule has 0 atom stereocenters. The van der Waals surface area contributed by atoms with Crippen LogP contribution in [-0.4, -0.2) is 19.4 Å². The Hall–Kier alpha value is -3.39. The van der Waals surface area contributed by atoms with E-state index in [1.54, 1.807) is 30.3 Å². The zero-order chi connectivity index (χ0) is 19.2. The molecule has 1 heterocycles. The lowest BCUT2D eigenvalue weighted by atomic mass is 10.0. The second-order valence-electron chi connectivity index (χ2n) is 5.95. The van der Waals surface area contributed by atoms with Gasteiger partial charge in [-0.3, -0.25) is 9.52 Å². The SMILES string of the molecule is O=C(Nc1ccc(F)cc1)C1=C(O)c2ccc3ccccc3c2S(=O)(=O)N1. The molecule has 27 heavy (non-hydrogen) atoms. The smallest absolute Gasteiger partial charge is 0.276 e. The molecule has 1 aliphatic heterocycles. The maximum atomic E-state index is 13.0. The van der Waals surface area contributed by atoms with Crippen LogP contribution in [0, 0.1) is 5.82 Å². The van der Waals surface area contributed by atoms with Crippen molar-refractivity contribution >= 4 is 38.1 Å². The number of anilines is 1. The standard InChI is InChI=1S/C19H13FN2O4S/c20-12-6-8-13(9-7-12)21-19(24)16-17(23)15-10-5-11-3-1-2-4-14(11)18(15)27(25,26)22-16/h1-10,22-23H,(H,21,24). The Morgan fingerprint density at radius 3 is 2.44 bits per heavy atom. The predicted octanol–water partition coefficient (Wildman–Crippen LogP) is 3.14. The first-order valence-electron chi connectivity index (χ1n) is 7.92. The average molecular weight is 384 g/mol. The summed E-state index contributed by atoms with van der Waals surface area (Å²) in [5.41, 5.74) is -0.205. The first kappa shape index (κ1) is 17.0. The molecule has 1 amide bonds. The van der Waals surface area contributed by atoms with Gasteiger partial charge in [0.25, 0.3) is 15.9 Å². The highest BCUT2D eigenvalue weighted by Crippen LogP contribution is 2.35. The van der Waals surface area contributed by atoms with Gasteiger partial charge in [-0.2, -0.15) is 0 Å². The molecule has 0 radical (unpaired) electrons. The van der Waals surface area contributed by atoms with Crippen LogP contribution < -0.4 is 10.0 Å². The van der Waals surface area contributed by atoms with Crippen molar-refractivity contribution in [3.63, 3.8) is 0 Å². The summed E-state index contributed by atoms with van der Waals surface area (Å²) in [5.74, 6) is -1.82. The second kappa shape index (κ2) is 6.10. The van der Waals surface area contributed by atoms with Crippen LogP contribution in [0.1, 0.15) is 5.56 Å². The van der Waals surface area contributed by atoms with Crippen molar-refractivity contribution in [3.8, 4) is 0 Å². The number of benzene rings is 3. The molecule has 6 nitrogen and oxygen atoms in total. The number of rotatable bonds is 2. The monoisotopic (exact) mass is 384 g/mol. The molecule has 3 aromatic carbocycles. The Morgan fingerprint density at radius 2 is 1.70 bits per heavy atom. The normalized spacial score (nSPS) is 15.1. The van der Waals surface area contributed by atoms with Gasteiger partial charge in [0.2, 0.25) is 0 Å². The minimum absolute atomic E-state index is 0.0386. The van der Waals surface area contributed by atoms with Gasteiger partial charge >= 0.3 is 0 Å². The molecule has 0 saturated carbocycles. The van der Waals surface area contributed by atoms with Crippen molar-refractivity contribution in [1.29, 1.82) is 0 Å². The van der Waals surface area contributed by atoms with Gasteiger partial charge in [0.1, 0.15) is 10.7 Å². The van der Waals surface area contributed by atoms with Gasteiger partial charge in [0, 0.05) is 16.6 Å². The Bertz CT molecular complexity index is 1220. The number of sulfonamides is 1. The topological polar surface area (TPSA) is 95.5 Å². The third-order valence-electron chi connectivity index (χ3n) is 4.21. The van der Waals surface area contributed by atoms with Crippen LogP contribution in [-0.2, 0) is 14.8 Å². The summed E-state index contributed by atoms with van der Waals surface area (Å²) in [6.45, 7) is 0. The molecule has 0 aromatic heterocycles. The molecule has 0 bridgehead atoms.